The van der Waals surface area contributed by atoms with Crippen LogP contribution in [0.1, 0.15) is 30.9 Å². The van der Waals surface area contributed by atoms with Crippen molar-refractivity contribution in [2.75, 3.05) is 26.2 Å². The fourth-order valence-electron chi connectivity index (χ4n) is 4.94. The minimum atomic E-state index is -0.729. The van der Waals surface area contributed by atoms with Gasteiger partial charge in [0.25, 0.3) is 0 Å². The van der Waals surface area contributed by atoms with Crippen molar-refractivity contribution in [1.82, 2.24) is 24.7 Å². The number of aryl methyl sites for hydroxylation is 2. The summed E-state index contributed by atoms with van der Waals surface area (Å²) in [4.78, 5) is 62.7. The van der Waals surface area contributed by atoms with Gasteiger partial charge < -0.3 is 15.0 Å². The quantitative estimate of drug-likeness (QED) is 0.297. The molecule has 1 unspecified atom stereocenters. The number of amides is 3. The van der Waals surface area contributed by atoms with Gasteiger partial charge in [0.1, 0.15) is 6.04 Å². The number of hydrogen-bond donors (Lipinski definition) is 2. The number of nitrogens with one attached hydrogen (secondary N) is 2. The van der Waals surface area contributed by atoms with Crippen molar-refractivity contribution >= 4 is 34.9 Å². The summed E-state index contributed by atoms with van der Waals surface area (Å²) in [5.41, 5.74) is 3.73. The van der Waals surface area contributed by atoms with Crippen LogP contribution in [0.15, 0.2) is 47.3 Å². The van der Waals surface area contributed by atoms with Crippen LogP contribution in [0.4, 0.5) is 4.79 Å². The van der Waals surface area contributed by atoms with Gasteiger partial charge in [-0.2, -0.15) is 0 Å². The first-order valence-corrected chi connectivity index (χ1v) is 12.7. The largest absolute Gasteiger partial charge is 0.417 e. The van der Waals surface area contributed by atoms with Gasteiger partial charge in [0.05, 0.1) is 17.5 Å². The first-order valence-electron chi connectivity index (χ1n) is 12.7. The zero-order valence-corrected chi connectivity index (χ0v) is 21.1. The fourth-order valence-corrected chi connectivity index (χ4v) is 4.94. The number of nitrogens with zero attached hydrogens (tertiary/aromatic N) is 3. The molecule has 38 heavy (non-hydrogen) atoms. The average molecular weight is 520 g/mol. The Morgan fingerprint density at radius 2 is 1.68 bits per heavy atom. The molecule has 11 heteroatoms. The second-order valence-electron chi connectivity index (χ2n) is 9.56. The van der Waals surface area contributed by atoms with Gasteiger partial charge in [0.2, 0.25) is 11.8 Å². The normalized spacial score (nSPS) is 17.9. The number of aromatic nitrogens is 2. The Morgan fingerprint density at radius 3 is 2.39 bits per heavy atom. The number of carbonyl (C=O) groups is 4. The van der Waals surface area contributed by atoms with Gasteiger partial charge in [0.15, 0.2) is 0 Å². The Hall–Kier alpha value is -4.25. The van der Waals surface area contributed by atoms with E-state index in [0.29, 0.717) is 43.6 Å². The van der Waals surface area contributed by atoms with E-state index in [1.807, 2.05) is 42.5 Å². The molecule has 2 aromatic carbocycles. The predicted octanol–water partition coefficient (Wildman–Crippen LogP) is 1.49. The van der Waals surface area contributed by atoms with Crippen LogP contribution < -0.4 is 16.3 Å². The minimum absolute atomic E-state index is 0.0963. The molecule has 3 amide bonds. The van der Waals surface area contributed by atoms with Crippen molar-refractivity contribution in [3.05, 3.63) is 58.5 Å². The molecule has 1 atom stereocenters. The third-order valence-corrected chi connectivity index (χ3v) is 7.09. The number of hydrogen-bond acceptors (Lipinski definition) is 7. The van der Waals surface area contributed by atoms with Crippen molar-refractivity contribution in [1.29, 1.82) is 0 Å². The maximum absolute atomic E-state index is 13.0. The summed E-state index contributed by atoms with van der Waals surface area (Å²) >= 11 is 0. The molecule has 3 heterocycles. The predicted molar refractivity (Wildman–Crippen MR) is 138 cm³/mol. The van der Waals surface area contributed by atoms with Crippen molar-refractivity contribution < 1.29 is 23.9 Å². The summed E-state index contributed by atoms with van der Waals surface area (Å²) < 4.78 is 7.93. The number of carbonyl (C=O) groups excluding carboxylic acids is 4. The monoisotopic (exact) mass is 519 g/mol. The van der Waals surface area contributed by atoms with E-state index in [-0.39, 0.29) is 30.9 Å². The van der Waals surface area contributed by atoms with Crippen LogP contribution in [0.3, 0.4) is 0 Å². The second-order valence-corrected chi connectivity index (χ2v) is 9.56. The zero-order chi connectivity index (χ0) is 26.8. The fraction of sp³-hybridized carbons (Fsp3) is 0.370. The number of piperazine rings is 1. The van der Waals surface area contributed by atoms with Crippen LogP contribution in [0.5, 0.6) is 0 Å². The Labute approximate surface area is 218 Å². The van der Waals surface area contributed by atoms with Crippen molar-refractivity contribution in [2.45, 2.75) is 31.7 Å². The van der Waals surface area contributed by atoms with Crippen molar-refractivity contribution in [2.24, 2.45) is 7.05 Å². The van der Waals surface area contributed by atoms with E-state index < -0.39 is 24.0 Å². The summed E-state index contributed by atoms with van der Waals surface area (Å²) in [7, 11) is 1.66. The molecule has 0 radical (unpaired) electrons. The van der Waals surface area contributed by atoms with E-state index in [4.69, 9.17) is 4.74 Å². The second kappa shape index (κ2) is 10.6. The Kier molecular flexibility index (Phi) is 7.10. The molecular weight excluding hydrogens is 490 g/mol. The van der Waals surface area contributed by atoms with Crippen LogP contribution in [0.25, 0.3) is 22.2 Å². The highest BCUT2D eigenvalue weighted by Gasteiger charge is 2.31. The first kappa shape index (κ1) is 25.4. The van der Waals surface area contributed by atoms with Gasteiger partial charge in [-0.3, -0.25) is 28.8 Å². The van der Waals surface area contributed by atoms with Gasteiger partial charge in [-0.05, 0) is 41.7 Å². The summed E-state index contributed by atoms with van der Waals surface area (Å²) in [6.07, 6.45) is 0.413. The molecule has 0 saturated carbocycles. The summed E-state index contributed by atoms with van der Waals surface area (Å²) in [6, 6.07) is 12.6. The first-order chi connectivity index (χ1) is 18.3. The number of imidazole rings is 1. The molecule has 0 aliphatic carbocycles. The Morgan fingerprint density at radius 1 is 0.974 bits per heavy atom. The number of benzene rings is 2. The van der Waals surface area contributed by atoms with Gasteiger partial charge in [-0.15, -0.1) is 0 Å². The van der Waals surface area contributed by atoms with Crippen LogP contribution in [-0.2, 0) is 32.6 Å². The number of fused-ring (bicyclic) bond motifs is 1. The molecule has 198 valence electrons. The Balaban J connectivity index is 1.26. The summed E-state index contributed by atoms with van der Waals surface area (Å²) in [6.45, 7) is 2.42. The van der Waals surface area contributed by atoms with Crippen LogP contribution in [0.2, 0.25) is 0 Å². The molecule has 0 spiro atoms. The number of imide groups is 1. The van der Waals surface area contributed by atoms with Crippen LogP contribution >= 0.6 is 0 Å². The molecule has 2 fully saturated rings. The maximum atomic E-state index is 13.0. The minimum Gasteiger partial charge on any atom is -0.376 e. The molecule has 5 rings (SSSR count). The van der Waals surface area contributed by atoms with Crippen molar-refractivity contribution in [3.63, 3.8) is 0 Å². The highest BCUT2D eigenvalue weighted by atomic mass is 16.6. The van der Waals surface area contributed by atoms with Crippen LogP contribution in [0, 0.1) is 0 Å². The zero-order valence-electron chi connectivity index (χ0n) is 21.1. The van der Waals surface area contributed by atoms with Gasteiger partial charge in [-0.25, -0.2) is 9.59 Å². The molecule has 2 aliphatic heterocycles. The number of esters is 1. The molecular formula is C27H29N5O6. The molecule has 2 aliphatic rings. The molecule has 3 aromatic rings. The smallest absolute Gasteiger partial charge is 0.376 e. The van der Waals surface area contributed by atoms with E-state index in [1.54, 1.807) is 7.05 Å². The van der Waals surface area contributed by atoms with Gasteiger partial charge in [-0.1, -0.05) is 30.3 Å². The number of piperidine rings is 1. The SMILES string of the molecule is Cn1c(=O)n(C2CCC(=O)NC2=O)c2ccc(-c3ccc(CCC(=O)OC(=O)N4CCNCC4)cc3)cc21. The third-order valence-electron chi connectivity index (χ3n) is 7.09. The topological polar surface area (TPSA) is 132 Å². The van der Waals surface area contributed by atoms with Gasteiger partial charge >= 0.3 is 17.8 Å². The number of ether oxygens (including phenoxy) is 1. The summed E-state index contributed by atoms with van der Waals surface area (Å²) in [5.74, 6) is -1.34. The standard InChI is InChI=1S/C27H29N5O6/c1-30-22-16-19(7-8-20(22)32(26(30)36)21-9-10-23(33)29-25(21)35)18-5-2-17(3-6-18)4-11-24(34)38-27(37)31-14-12-28-13-15-31/h2-3,5-8,16,21,28H,4,9-15H2,1H3,(H,29,33,35). The lowest BCUT2D eigenvalue weighted by atomic mass is 10.0. The molecule has 2 saturated heterocycles. The number of rotatable bonds is 5. The highest BCUT2D eigenvalue weighted by molar-refractivity contribution is 6.00. The lowest BCUT2D eigenvalue weighted by molar-refractivity contribution is -0.138. The average Bonchev–Trinajstić information content (AvgIpc) is 3.17. The lowest BCUT2D eigenvalue weighted by Gasteiger charge is -2.25. The van der Waals surface area contributed by atoms with Crippen molar-refractivity contribution in [3.8, 4) is 11.1 Å². The Bertz CT molecular complexity index is 1470. The van der Waals surface area contributed by atoms with E-state index in [0.717, 1.165) is 16.7 Å². The van der Waals surface area contributed by atoms with E-state index in [2.05, 4.69) is 10.6 Å². The molecule has 0 bridgehead atoms. The summed E-state index contributed by atoms with van der Waals surface area (Å²) in [5, 5.41) is 5.46. The van der Waals surface area contributed by atoms with Crippen LogP contribution in [-0.4, -0.2) is 64.1 Å². The van der Waals surface area contributed by atoms with Gasteiger partial charge in [0, 0.05) is 39.6 Å². The maximum Gasteiger partial charge on any atom is 0.417 e. The molecule has 2 N–H and O–H groups in total. The highest BCUT2D eigenvalue weighted by Crippen LogP contribution is 2.28. The van der Waals surface area contributed by atoms with E-state index in [9.17, 15) is 24.0 Å². The van der Waals surface area contributed by atoms with E-state index in [1.165, 1.54) is 14.0 Å². The molecule has 1 aromatic heterocycles. The lowest BCUT2D eigenvalue weighted by Crippen LogP contribution is -2.47. The third kappa shape index (κ3) is 5.10. The molecule has 11 nitrogen and oxygen atoms in total. The van der Waals surface area contributed by atoms with E-state index >= 15 is 0 Å².